The number of anilines is 1. The van der Waals surface area contributed by atoms with Gasteiger partial charge in [-0.15, -0.1) is 11.3 Å². The van der Waals surface area contributed by atoms with Gasteiger partial charge in [-0.3, -0.25) is 5.43 Å². The topological polar surface area (TPSA) is 46.5 Å². The first-order valence-corrected chi connectivity index (χ1v) is 9.85. The molecule has 0 bridgehead atoms. The van der Waals surface area contributed by atoms with Gasteiger partial charge < -0.3 is 4.74 Å². The second kappa shape index (κ2) is 8.69. The minimum Gasteiger partial charge on any atom is -0.457 e. The zero-order valence-corrected chi connectivity index (χ0v) is 16.3. The van der Waals surface area contributed by atoms with Crippen LogP contribution in [0.4, 0.5) is 5.13 Å². The van der Waals surface area contributed by atoms with Crippen molar-refractivity contribution < 1.29 is 4.74 Å². The zero-order chi connectivity index (χ0) is 19.2. The Kier molecular flexibility index (Phi) is 5.66. The van der Waals surface area contributed by atoms with Crippen LogP contribution >= 0.6 is 22.9 Å². The van der Waals surface area contributed by atoms with Crippen LogP contribution in [0.5, 0.6) is 11.5 Å². The van der Waals surface area contributed by atoms with Crippen LogP contribution in [-0.2, 0) is 0 Å². The molecule has 1 heterocycles. The average Bonchev–Trinajstić information content (AvgIpc) is 3.19. The number of nitrogens with one attached hydrogen (secondary N) is 1. The fourth-order valence-corrected chi connectivity index (χ4v) is 3.32. The SMILES string of the molecule is Clc1ccc(-c2csc(N/N=C/c3cccc(Oc4ccccc4)c3)n2)cc1. The quantitative estimate of drug-likeness (QED) is 0.286. The molecule has 4 rings (SSSR count). The van der Waals surface area contributed by atoms with E-state index in [0.29, 0.717) is 5.02 Å². The average molecular weight is 406 g/mol. The molecule has 28 heavy (non-hydrogen) atoms. The molecule has 1 N–H and O–H groups in total. The summed E-state index contributed by atoms with van der Waals surface area (Å²) in [7, 11) is 0. The van der Waals surface area contributed by atoms with E-state index in [1.165, 1.54) is 11.3 Å². The summed E-state index contributed by atoms with van der Waals surface area (Å²) in [4.78, 5) is 4.54. The van der Waals surface area contributed by atoms with E-state index in [4.69, 9.17) is 16.3 Å². The van der Waals surface area contributed by atoms with Crippen LogP contribution in [0.1, 0.15) is 5.56 Å². The van der Waals surface area contributed by atoms with Crippen molar-refractivity contribution in [2.75, 3.05) is 5.43 Å². The Morgan fingerprint density at radius 1 is 0.929 bits per heavy atom. The number of para-hydroxylation sites is 1. The Labute approximate surface area is 172 Å². The molecule has 0 aliphatic heterocycles. The van der Waals surface area contributed by atoms with Crippen molar-refractivity contribution in [3.05, 3.63) is 94.8 Å². The maximum Gasteiger partial charge on any atom is 0.203 e. The Balaban J connectivity index is 1.40. The summed E-state index contributed by atoms with van der Waals surface area (Å²) >= 11 is 7.42. The lowest BCUT2D eigenvalue weighted by Crippen LogP contribution is -1.91. The molecule has 1 aromatic heterocycles. The molecule has 138 valence electrons. The number of hydrazone groups is 1. The summed E-state index contributed by atoms with van der Waals surface area (Å²) in [6.45, 7) is 0. The highest BCUT2D eigenvalue weighted by atomic mass is 35.5. The highest BCUT2D eigenvalue weighted by Crippen LogP contribution is 2.26. The predicted octanol–water partition coefficient (Wildman–Crippen LogP) is 6.70. The molecule has 0 spiro atoms. The lowest BCUT2D eigenvalue weighted by Gasteiger charge is -2.05. The van der Waals surface area contributed by atoms with E-state index in [1.807, 2.05) is 84.2 Å². The van der Waals surface area contributed by atoms with Crippen molar-refractivity contribution >= 4 is 34.3 Å². The minimum absolute atomic E-state index is 0.709. The van der Waals surface area contributed by atoms with Crippen molar-refractivity contribution in [2.45, 2.75) is 0 Å². The zero-order valence-electron chi connectivity index (χ0n) is 14.7. The Morgan fingerprint density at radius 3 is 2.54 bits per heavy atom. The molecule has 0 amide bonds. The number of hydrogen-bond acceptors (Lipinski definition) is 5. The minimum atomic E-state index is 0.709. The van der Waals surface area contributed by atoms with E-state index >= 15 is 0 Å². The van der Waals surface area contributed by atoms with Gasteiger partial charge in [0.25, 0.3) is 0 Å². The van der Waals surface area contributed by atoms with Crippen LogP contribution in [0.2, 0.25) is 5.02 Å². The van der Waals surface area contributed by atoms with Gasteiger partial charge >= 0.3 is 0 Å². The van der Waals surface area contributed by atoms with Crippen molar-refractivity contribution in [1.82, 2.24) is 4.98 Å². The van der Waals surface area contributed by atoms with E-state index < -0.39 is 0 Å². The van der Waals surface area contributed by atoms with Gasteiger partial charge in [-0.2, -0.15) is 5.10 Å². The molecular formula is C22H16ClN3OS. The third kappa shape index (κ3) is 4.76. The van der Waals surface area contributed by atoms with Crippen molar-refractivity contribution in [3.63, 3.8) is 0 Å². The first kappa shape index (κ1) is 18.2. The number of benzene rings is 3. The second-order valence-electron chi connectivity index (χ2n) is 5.90. The molecular weight excluding hydrogens is 390 g/mol. The molecule has 4 nitrogen and oxygen atoms in total. The van der Waals surface area contributed by atoms with Gasteiger partial charge in [-0.05, 0) is 42.0 Å². The molecule has 0 fully saturated rings. The maximum absolute atomic E-state index is 5.93. The van der Waals surface area contributed by atoms with Crippen molar-refractivity contribution in [2.24, 2.45) is 5.10 Å². The van der Waals surface area contributed by atoms with Gasteiger partial charge in [0.2, 0.25) is 5.13 Å². The van der Waals surface area contributed by atoms with Gasteiger partial charge in [0.05, 0.1) is 11.9 Å². The number of thiazole rings is 1. The molecule has 3 aromatic carbocycles. The summed E-state index contributed by atoms with van der Waals surface area (Å²) in [5, 5.41) is 7.69. The first-order valence-electron chi connectivity index (χ1n) is 8.60. The van der Waals surface area contributed by atoms with E-state index in [2.05, 4.69) is 15.5 Å². The number of rotatable bonds is 6. The molecule has 0 radical (unpaired) electrons. The summed E-state index contributed by atoms with van der Waals surface area (Å²) in [5.41, 5.74) is 5.80. The number of hydrogen-bond donors (Lipinski definition) is 1. The molecule has 0 unspecified atom stereocenters. The van der Waals surface area contributed by atoms with Crippen LogP contribution in [0.15, 0.2) is 89.3 Å². The monoisotopic (exact) mass is 405 g/mol. The summed E-state index contributed by atoms with van der Waals surface area (Å²) < 4.78 is 5.84. The maximum atomic E-state index is 5.93. The van der Waals surface area contributed by atoms with Crippen molar-refractivity contribution in [1.29, 1.82) is 0 Å². The van der Waals surface area contributed by atoms with Crippen LogP contribution < -0.4 is 10.2 Å². The molecule has 0 aliphatic carbocycles. The Bertz CT molecular complexity index is 1080. The third-order valence-electron chi connectivity index (χ3n) is 3.85. The number of aromatic nitrogens is 1. The van der Waals surface area contributed by atoms with Gasteiger partial charge in [0, 0.05) is 16.0 Å². The highest BCUT2D eigenvalue weighted by molar-refractivity contribution is 7.14. The van der Waals surface area contributed by atoms with Gasteiger partial charge in [0.1, 0.15) is 11.5 Å². The highest BCUT2D eigenvalue weighted by Gasteiger charge is 2.04. The molecule has 6 heteroatoms. The molecule has 0 saturated heterocycles. The summed E-state index contributed by atoms with van der Waals surface area (Å²) in [5.74, 6) is 1.56. The van der Waals surface area contributed by atoms with Crippen molar-refractivity contribution in [3.8, 4) is 22.8 Å². The molecule has 0 aliphatic rings. The van der Waals surface area contributed by atoms with E-state index in [9.17, 15) is 0 Å². The van der Waals surface area contributed by atoms with E-state index in [0.717, 1.165) is 33.5 Å². The number of nitrogens with zero attached hydrogens (tertiary/aromatic N) is 2. The first-order chi connectivity index (χ1) is 13.8. The Hall–Kier alpha value is -3.15. The number of halogens is 1. The van der Waals surface area contributed by atoms with Gasteiger partial charge in [-0.25, -0.2) is 4.98 Å². The van der Waals surface area contributed by atoms with Gasteiger partial charge in [0.15, 0.2) is 0 Å². The lowest BCUT2D eigenvalue weighted by atomic mass is 10.2. The van der Waals surface area contributed by atoms with Crippen LogP contribution in [0.25, 0.3) is 11.3 Å². The van der Waals surface area contributed by atoms with E-state index in [-0.39, 0.29) is 0 Å². The summed E-state index contributed by atoms with van der Waals surface area (Å²) in [6.07, 6.45) is 1.74. The third-order valence-corrected chi connectivity index (χ3v) is 4.85. The fraction of sp³-hybridized carbons (Fsp3) is 0. The summed E-state index contributed by atoms with van der Waals surface area (Å²) in [6, 6.07) is 25.0. The van der Waals surface area contributed by atoms with Gasteiger partial charge in [-0.1, -0.05) is 54.1 Å². The van der Waals surface area contributed by atoms with Crippen LogP contribution in [0, 0.1) is 0 Å². The molecule has 0 saturated carbocycles. The second-order valence-corrected chi connectivity index (χ2v) is 7.20. The van der Waals surface area contributed by atoms with E-state index in [1.54, 1.807) is 6.21 Å². The predicted molar refractivity (Wildman–Crippen MR) is 117 cm³/mol. The van der Waals surface area contributed by atoms with Crippen LogP contribution in [-0.4, -0.2) is 11.2 Å². The molecule has 0 atom stereocenters. The molecule has 4 aromatic rings. The smallest absolute Gasteiger partial charge is 0.203 e. The standard InChI is InChI=1S/C22H16ClN3OS/c23-18-11-9-17(10-12-18)21-15-28-22(25-21)26-24-14-16-5-4-8-20(13-16)27-19-6-2-1-3-7-19/h1-15H,(H,25,26)/b24-14+. The fourth-order valence-electron chi connectivity index (χ4n) is 2.52. The lowest BCUT2D eigenvalue weighted by molar-refractivity contribution is 0.482. The Morgan fingerprint density at radius 2 is 1.71 bits per heavy atom. The largest absolute Gasteiger partial charge is 0.457 e. The number of ether oxygens (including phenoxy) is 1. The normalized spacial score (nSPS) is 10.9. The van der Waals surface area contributed by atoms with Crippen LogP contribution in [0.3, 0.4) is 0 Å².